The molecule has 2 fully saturated rings. The van der Waals surface area contributed by atoms with Crippen LogP contribution < -0.4 is 10.1 Å². The van der Waals surface area contributed by atoms with Crippen LogP contribution in [-0.4, -0.2) is 44.1 Å². The number of ether oxygens (including phenoxy) is 1. The number of carbonyl (C=O) groups excluding carboxylic acids is 1. The zero-order valence-corrected chi connectivity index (χ0v) is 12.2. The summed E-state index contributed by atoms with van der Waals surface area (Å²) in [5.41, 5.74) is 2.11. The normalized spacial score (nSPS) is 25.4. The van der Waals surface area contributed by atoms with Crippen molar-refractivity contribution < 1.29 is 9.53 Å². The third-order valence-electron chi connectivity index (χ3n) is 4.71. The van der Waals surface area contributed by atoms with Crippen LogP contribution in [0, 0.1) is 12.3 Å². The number of nitrogens with one attached hydrogen (secondary N) is 1. The number of methoxy groups -OCH3 is 1. The van der Waals surface area contributed by atoms with Gasteiger partial charge in [0.25, 0.3) is 5.91 Å². The molecule has 2 heterocycles. The summed E-state index contributed by atoms with van der Waals surface area (Å²) < 4.78 is 5.31. The summed E-state index contributed by atoms with van der Waals surface area (Å²) in [5, 5.41) is 3.42. The van der Waals surface area contributed by atoms with Crippen molar-refractivity contribution in [3.05, 3.63) is 29.3 Å². The summed E-state index contributed by atoms with van der Waals surface area (Å²) in [6, 6.07) is 5.71. The van der Waals surface area contributed by atoms with Gasteiger partial charge in [0.15, 0.2) is 0 Å². The van der Waals surface area contributed by atoms with Gasteiger partial charge in [0.1, 0.15) is 5.75 Å². The Labute approximate surface area is 120 Å². The quantitative estimate of drug-likeness (QED) is 0.894. The van der Waals surface area contributed by atoms with E-state index in [0.717, 1.165) is 49.5 Å². The van der Waals surface area contributed by atoms with E-state index in [-0.39, 0.29) is 5.91 Å². The van der Waals surface area contributed by atoms with E-state index in [9.17, 15) is 4.79 Å². The number of carbonyl (C=O) groups is 1. The van der Waals surface area contributed by atoms with Crippen LogP contribution in [0.4, 0.5) is 0 Å². The molecule has 3 rings (SSSR count). The maximum Gasteiger partial charge on any atom is 0.254 e. The van der Waals surface area contributed by atoms with E-state index in [2.05, 4.69) is 5.32 Å². The predicted molar refractivity (Wildman–Crippen MR) is 78.2 cm³/mol. The highest BCUT2D eigenvalue weighted by molar-refractivity contribution is 5.95. The summed E-state index contributed by atoms with van der Waals surface area (Å²) in [6.45, 7) is 5.88. The standard InChI is InChI=1S/C16H22N2O2/c1-12-3-4-13(9-14(12)20-2)15(19)18-8-6-16(11-18)5-7-17-10-16/h3-4,9,17H,5-8,10-11H2,1-2H3. The molecule has 1 atom stereocenters. The van der Waals surface area contributed by atoms with Gasteiger partial charge in [-0.2, -0.15) is 0 Å². The lowest BCUT2D eigenvalue weighted by atomic mass is 9.86. The van der Waals surface area contributed by atoms with Crippen molar-refractivity contribution in [1.29, 1.82) is 0 Å². The molecule has 1 spiro atoms. The highest BCUT2D eigenvalue weighted by Crippen LogP contribution is 2.36. The first kappa shape index (κ1) is 13.4. The average molecular weight is 274 g/mol. The largest absolute Gasteiger partial charge is 0.496 e. The van der Waals surface area contributed by atoms with Crippen molar-refractivity contribution >= 4 is 5.91 Å². The van der Waals surface area contributed by atoms with Crippen LogP contribution in [0.2, 0.25) is 0 Å². The monoisotopic (exact) mass is 274 g/mol. The lowest BCUT2D eigenvalue weighted by Crippen LogP contribution is -2.33. The van der Waals surface area contributed by atoms with Gasteiger partial charge in [0.05, 0.1) is 7.11 Å². The Morgan fingerprint density at radius 3 is 2.95 bits per heavy atom. The number of likely N-dealkylation sites (tertiary alicyclic amines) is 1. The van der Waals surface area contributed by atoms with Crippen molar-refractivity contribution in [2.24, 2.45) is 5.41 Å². The number of hydrogen-bond acceptors (Lipinski definition) is 3. The van der Waals surface area contributed by atoms with Crippen LogP contribution in [-0.2, 0) is 0 Å². The van der Waals surface area contributed by atoms with E-state index >= 15 is 0 Å². The molecule has 1 unspecified atom stereocenters. The van der Waals surface area contributed by atoms with E-state index in [1.54, 1.807) is 7.11 Å². The van der Waals surface area contributed by atoms with Gasteiger partial charge in [0, 0.05) is 30.6 Å². The van der Waals surface area contributed by atoms with Crippen LogP contribution in [0.5, 0.6) is 5.75 Å². The van der Waals surface area contributed by atoms with E-state index in [4.69, 9.17) is 4.74 Å². The molecule has 0 aliphatic carbocycles. The second-order valence-electron chi connectivity index (χ2n) is 6.09. The molecule has 0 bridgehead atoms. The Morgan fingerprint density at radius 1 is 1.40 bits per heavy atom. The number of amides is 1. The van der Waals surface area contributed by atoms with E-state index in [1.165, 1.54) is 6.42 Å². The van der Waals surface area contributed by atoms with Crippen molar-refractivity contribution in [3.8, 4) is 5.75 Å². The number of hydrogen-bond donors (Lipinski definition) is 1. The van der Waals surface area contributed by atoms with Crippen LogP contribution in [0.15, 0.2) is 18.2 Å². The van der Waals surface area contributed by atoms with Crippen molar-refractivity contribution in [1.82, 2.24) is 10.2 Å². The molecule has 4 nitrogen and oxygen atoms in total. The van der Waals surface area contributed by atoms with Gasteiger partial charge < -0.3 is 15.0 Å². The Kier molecular flexibility index (Phi) is 3.42. The summed E-state index contributed by atoms with van der Waals surface area (Å²) in [6.07, 6.45) is 2.31. The molecule has 2 saturated heterocycles. The Bertz CT molecular complexity index is 521. The minimum absolute atomic E-state index is 0.132. The smallest absolute Gasteiger partial charge is 0.254 e. The highest BCUT2D eigenvalue weighted by atomic mass is 16.5. The molecule has 1 aromatic carbocycles. The third kappa shape index (κ3) is 2.29. The fourth-order valence-electron chi connectivity index (χ4n) is 3.39. The van der Waals surface area contributed by atoms with Crippen LogP contribution in [0.1, 0.15) is 28.8 Å². The number of benzene rings is 1. The molecule has 2 aliphatic rings. The molecule has 1 N–H and O–H groups in total. The summed E-state index contributed by atoms with van der Waals surface area (Å²) >= 11 is 0. The topological polar surface area (TPSA) is 41.6 Å². The van der Waals surface area contributed by atoms with Crippen molar-refractivity contribution in [2.75, 3.05) is 33.3 Å². The Morgan fingerprint density at radius 2 is 2.25 bits per heavy atom. The van der Waals surface area contributed by atoms with Crippen LogP contribution in [0.25, 0.3) is 0 Å². The van der Waals surface area contributed by atoms with Gasteiger partial charge in [-0.1, -0.05) is 6.07 Å². The molecular formula is C16H22N2O2. The first-order chi connectivity index (χ1) is 9.63. The van der Waals surface area contributed by atoms with Gasteiger partial charge >= 0.3 is 0 Å². The van der Waals surface area contributed by atoms with Crippen LogP contribution in [0.3, 0.4) is 0 Å². The minimum atomic E-state index is 0.132. The zero-order chi connectivity index (χ0) is 14.2. The van der Waals surface area contributed by atoms with Gasteiger partial charge in [-0.25, -0.2) is 0 Å². The molecule has 108 valence electrons. The molecule has 4 heteroatoms. The molecule has 0 aromatic heterocycles. The van der Waals surface area contributed by atoms with Crippen molar-refractivity contribution in [2.45, 2.75) is 19.8 Å². The van der Waals surface area contributed by atoms with Gasteiger partial charge in [-0.15, -0.1) is 0 Å². The molecule has 0 saturated carbocycles. The lowest BCUT2D eigenvalue weighted by molar-refractivity contribution is 0.0775. The summed E-state index contributed by atoms with van der Waals surface area (Å²) in [5.74, 6) is 0.916. The van der Waals surface area contributed by atoms with Crippen molar-refractivity contribution in [3.63, 3.8) is 0 Å². The lowest BCUT2D eigenvalue weighted by Gasteiger charge is -2.23. The Balaban J connectivity index is 1.76. The van der Waals surface area contributed by atoms with Gasteiger partial charge in [-0.3, -0.25) is 4.79 Å². The van der Waals surface area contributed by atoms with E-state index < -0.39 is 0 Å². The maximum absolute atomic E-state index is 12.6. The van der Waals surface area contributed by atoms with Gasteiger partial charge in [-0.05, 0) is 44.0 Å². The molecule has 2 aliphatic heterocycles. The molecule has 1 aromatic rings. The number of rotatable bonds is 2. The number of aryl methyl sites for hydroxylation is 1. The fourth-order valence-corrected chi connectivity index (χ4v) is 3.39. The SMILES string of the molecule is COc1cc(C(=O)N2CCC3(CCNC3)C2)ccc1C. The highest BCUT2D eigenvalue weighted by Gasteiger charge is 2.41. The minimum Gasteiger partial charge on any atom is -0.496 e. The number of nitrogens with zero attached hydrogens (tertiary/aromatic N) is 1. The predicted octanol–water partition coefficient (Wildman–Crippen LogP) is 1.83. The first-order valence-electron chi connectivity index (χ1n) is 7.28. The van der Waals surface area contributed by atoms with Crippen LogP contribution >= 0.6 is 0 Å². The molecular weight excluding hydrogens is 252 g/mol. The Hall–Kier alpha value is -1.55. The average Bonchev–Trinajstić information content (AvgIpc) is 3.09. The second-order valence-corrected chi connectivity index (χ2v) is 6.09. The fraction of sp³-hybridized carbons (Fsp3) is 0.562. The molecule has 0 radical (unpaired) electrons. The van der Waals surface area contributed by atoms with E-state index in [0.29, 0.717) is 5.41 Å². The van der Waals surface area contributed by atoms with Gasteiger partial charge in [0.2, 0.25) is 0 Å². The maximum atomic E-state index is 12.6. The molecule has 20 heavy (non-hydrogen) atoms. The zero-order valence-electron chi connectivity index (χ0n) is 12.2. The summed E-state index contributed by atoms with van der Waals surface area (Å²) in [4.78, 5) is 14.6. The first-order valence-corrected chi connectivity index (χ1v) is 7.28. The second kappa shape index (κ2) is 5.09. The third-order valence-corrected chi connectivity index (χ3v) is 4.71. The summed E-state index contributed by atoms with van der Waals surface area (Å²) in [7, 11) is 1.64. The molecule has 1 amide bonds. The van der Waals surface area contributed by atoms with E-state index in [1.807, 2.05) is 30.0 Å².